The molecule has 0 amide bonds. The van der Waals surface area contributed by atoms with Crippen LogP contribution >= 0.6 is 11.6 Å². The molecule has 94 valence electrons. The third-order valence-corrected chi connectivity index (χ3v) is 3.82. The van der Waals surface area contributed by atoms with Crippen molar-refractivity contribution >= 4 is 11.6 Å². The minimum atomic E-state index is -0.115. The molecule has 1 unspecified atom stereocenters. The van der Waals surface area contributed by atoms with E-state index in [-0.39, 0.29) is 5.38 Å². The highest BCUT2D eigenvalue weighted by atomic mass is 35.5. The molecular weight excluding hydrogens is 244 g/mol. The van der Waals surface area contributed by atoms with Crippen molar-refractivity contribution in [1.82, 2.24) is 0 Å². The first-order valence-corrected chi connectivity index (χ1v) is 6.41. The average molecular weight is 261 g/mol. The molecule has 18 heavy (non-hydrogen) atoms. The van der Waals surface area contributed by atoms with E-state index in [2.05, 4.69) is 32.0 Å². The zero-order valence-corrected chi connectivity index (χ0v) is 11.7. The van der Waals surface area contributed by atoms with E-state index in [1.807, 2.05) is 24.3 Å². The van der Waals surface area contributed by atoms with Crippen LogP contribution in [-0.2, 0) is 0 Å². The van der Waals surface area contributed by atoms with Gasteiger partial charge in [-0.3, -0.25) is 0 Å². The summed E-state index contributed by atoms with van der Waals surface area (Å²) in [7, 11) is 1.66. The number of hydrogen-bond acceptors (Lipinski definition) is 1. The van der Waals surface area contributed by atoms with Crippen LogP contribution in [0.4, 0.5) is 0 Å². The Morgan fingerprint density at radius 3 is 2.28 bits per heavy atom. The molecule has 0 fully saturated rings. The van der Waals surface area contributed by atoms with Crippen molar-refractivity contribution in [1.29, 1.82) is 0 Å². The van der Waals surface area contributed by atoms with Gasteiger partial charge in [-0.25, -0.2) is 0 Å². The van der Waals surface area contributed by atoms with Crippen LogP contribution in [0.15, 0.2) is 42.5 Å². The second kappa shape index (κ2) is 5.45. The lowest BCUT2D eigenvalue weighted by atomic mass is 9.97. The van der Waals surface area contributed by atoms with E-state index in [9.17, 15) is 0 Å². The summed E-state index contributed by atoms with van der Waals surface area (Å²) < 4.78 is 5.15. The van der Waals surface area contributed by atoms with E-state index >= 15 is 0 Å². The van der Waals surface area contributed by atoms with E-state index in [1.165, 1.54) is 16.7 Å². The predicted octanol–water partition coefficient (Wildman–Crippen LogP) is 4.64. The summed E-state index contributed by atoms with van der Waals surface area (Å²) >= 11 is 6.56. The molecule has 0 radical (unpaired) electrons. The normalized spacial score (nSPS) is 12.2. The molecule has 0 N–H and O–H groups in total. The summed E-state index contributed by atoms with van der Waals surface area (Å²) in [5.74, 6) is 0.851. The van der Waals surface area contributed by atoms with E-state index in [0.29, 0.717) is 0 Å². The van der Waals surface area contributed by atoms with E-state index < -0.39 is 0 Å². The molecule has 0 bridgehead atoms. The smallest absolute Gasteiger partial charge is 0.118 e. The first-order valence-electron chi connectivity index (χ1n) is 5.97. The van der Waals surface area contributed by atoms with Gasteiger partial charge in [0.05, 0.1) is 12.5 Å². The van der Waals surface area contributed by atoms with Crippen molar-refractivity contribution in [2.45, 2.75) is 19.2 Å². The van der Waals surface area contributed by atoms with Crippen LogP contribution in [0.25, 0.3) is 0 Å². The van der Waals surface area contributed by atoms with Crippen LogP contribution in [0, 0.1) is 13.8 Å². The Kier molecular flexibility index (Phi) is 3.93. The fourth-order valence-corrected chi connectivity index (χ4v) is 2.38. The molecule has 1 atom stereocenters. The first-order chi connectivity index (χ1) is 8.63. The summed E-state index contributed by atoms with van der Waals surface area (Å²) in [6, 6.07) is 14.2. The number of benzene rings is 2. The van der Waals surface area contributed by atoms with Gasteiger partial charge in [0.25, 0.3) is 0 Å². The lowest BCUT2D eigenvalue weighted by molar-refractivity contribution is 0.414. The van der Waals surface area contributed by atoms with Gasteiger partial charge in [0.2, 0.25) is 0 Å². The minimum Gasteiger partial charge on any atom is -0.497 e. The van der Waals surface area contributed by atoms with Gasteiger partial charge >= 0.3 is 0 Å². The van der Waals surface area contributed by atoms with Crippen molar-refractivity contribution < 1.29 is 4.74 Å². The zero-order valence-electron chi connectivity index (χ0n) is 10.9. The van der Waals surface area contributed by atoms with Crippen LogP contribution in [0.3, 0.4) is 0 Å². The second-order valence-electron chi connectivity index (χ2n) is 4.42. The molecule has 0 aliphatic heterocycles. The van der Waals surface area contributed by atoms with Gasteiger partial charge in [-0.15, -0.1) is 11.6 Å². The molecule has 0 heterocycles. The summed E-state index contributed by atoms with van der Waals surface area (Å²) in [5, 5.41) is -0.115. The van der Waals surface area contributed by atoms with Crippen LogP contribution < -0.4 is 4.74 Å². The van der Waals surface area contributed by atoms with Crippen molar-refractivity contribution in [2.24, 2.45) is 0 Å². The average Bonchev–Trinajstić information content (AvgIpc) is 2.41. The SMILES string of the molecule is COc1ccc(C(Cl)c2cccc(C)c2C)cc1. The molecule has 0 saturated carbocycles. The Hall–Kier alpha value is -1.47. The van der Waals surface area contributed by atoms with Crippen molar-refractivity contribution in [3.63, 3.8) is 0 Å². The molecule has 0 aliphatic rings. The Bertz CT molecular complexity index is 531. The van der Waals surface area contributed by atoms with Gasteiger partial charge in [0, 0.05) is 0 Å². The molecule has 0 spiro atoms. The van der Waals surface area contributed by atoms with Gasteiger partial charge < -0.3 is 4.74 Å². The third-order valence-electron chi connectivity index (χ3n) is 3.33. The fourth-order valence-electron chi connectivity index (χ4n) is 2.00. The Morgan fingerprint density at radius 2 is 1.67 bits per heavy atom. The summed E-state index contributed by atoms with van der Waals surface area (Å²) in [6.45, 7) is 4.22. The maximum absolute atomic E-state index is 6.56. The molecule has 2 aromatic carbocycles. The largest absolute Gasteiger partial charge is 0.497 e. The predicted molar refractivity (Wildman–Crippen MR) is 76.6 cm³/mol. The second-order valence-corrected chi connectivity index (χ2v) is 4.86. The van der Waals surface area contributed by atoms with Crippen LogP contribution in [0.1, 0.15) is 27.6 Å². The molecule has 2 rings (SSSR count). The maximum Gasteiger partial charge on any atom is 0.118 e. The third kappa shape index (κ3) is 2.51. The molecule has 0 saturated heterocycles. The lowest BCUT2D eigenvalue weighted by Gasteiger charge is -2.15. The molecule has 0 aliphatic carbocycles. The van der Waals surface area contributed by atoms with Gasteiger partial charge in [-0.2, -0.15) is 0 Å². The molecule has 2 heteroatoms. The Balaban J connectivity index is 2.35. The zero-order chi connectivity index (χ0) is 13.1. The quantitative estimate of drug-likeness (QED) is 0.731. The van der Waals surface area contributed by atoms with Crippen LogP contribution in [0.2, 0.25) is 0 Å². The Morgan fingerprint density at radius 1 is 1.00 bits per heavy atom. The van der Waals surface area contributed by atoms with Crippen molar-refractivity contribution in [3.8, 4) is 5.75 Å². The molecular formula is C16H17ClO. The number of alkyl halides is 1. The number of halogens is 1. The van der Waals surface area contributed by atoms with Gasteiger partial charge in [0.15, 0.2) is 0 Å². The summed E-state index contributed by atoms with van der Waals surface area (Å²) in [6.07, 6.45) is 0. The van der Waals surface area contributed by atoms with Crippen LogP contribution in [-0.4, -0.2) is 7.11 Å². The van der Waals surface area contributed by atoms with Crippen molar-refractivity contribution in [2.75, 3.05) is 7.11 Å². The summed E-state index contributed by atoms with van der Waals surface area (Å²) in [5.41, 5.74) is 4.79. The standard InChI is InChI=1S/C16H17ClO/c1-11-5-4-6-15(12(11)2)16(17)13-7-9-14(18-3)10-8-13/h4-10,16H,1-3H3. The van der Waals surface area contributed by atoms with Gasteiger partial charge in [0.1, 0.15) is 5.75 Å². The van der Waals surface area contributed by atoms with Gasteiger partial charge in [-0.05, 0) is 48.2 Å². The number of methoxy groups -OCH3 is 1. The van der Waals surface area contributed by atoms with E-state index in [1.54, 1.807) is 7.11 Å². The van der Waals surface area contributed by atoms with E-state index in [4.69, 9.17) is 16.3 Å². The number of hydrogen-bond donors (Lipinski definition) is 0. The highest BCUT2D eigenvalue weighted by Crippen LogP contribution is 2.32. The molecule has 1 nitrogen and oxygen atoms in total. The van der Waals surface area contributed by atoms with Gasteiger partial charge in [-0.1, -0.05) is 30.3 Å². The number of rotatable bonds is 3. The molecule has 0 aromatic heterocycles. The minimum absolute atomic E-state index is 0.115. The topological polar surface area (TPSA) is 9.23 Å². The lowest BCUT2D eigenvalue weighted by Crippen LogP contribution is -1.98. The first kappa shape index (κ1) is 13.0. The fraction of sp³-hybridized carbons (Fsp3) is 0.250. The Labute approximate surface area is 113 Å². The van der Waals surface area contributed by atoms with E-state index in [0.717, 1.165) is 11.3 Å². The molecule has 2 aromatic rings. The highest BCUT2D eigenvalue weighted by Gasteiger charge is 2.13. The van der Waals surface area contributed by atoms with Crippen molar-refractivity contribution in [3.05, 3.63) is 64.7 Å². The van der Waals surface area contributed by atoms with Crippen LogP contribution in [0.5, 0.6) is 5.75 Å². The monoisotopic (exact) mass is 260 g/mol. The number of aryl methyl sites for hydroxylation is 1. The maximum atomic E-state index is 6.56. The number of ether oxygens (including phenoxy) is 1. The highest BCUT2D eigenvalue weighted by molar-refractivity contribution is 6.22. The summed E-state index contributed by atoms with van der Waals surface area (Å²) in [4.78, 5) is 0.